The van der Waals surface area contributed by atoms with Crippen LogP contribution >= 0.6 is 0 Å². The molecule has 1 unspecified atom stereocenters. The molecule has 7 heteroatoms. The number of ether oxygens (including phenoxy) is 1. The number of pyridine rings is 1. The van der Waals surface area contributed by atoms with E-state index in [9.17, 15) is 4.79 Å². The van der Waals surface area contributed by atoms with Crippen LogP contribution in [-0.2, 0) is 11.3 Å². The summed E-state index contributed by atoms with van der Waals surface area (Å²) in [6.07, 6.45) is 8.28. The summed E-state index contributed by atoms with van der Waals surface area (Å²) >= 11 is 0. The van der Waals surface area contributed by atoms with Crippen LogP contribution in [0.1, 0.15) is 57.9 Å². The number of nitrogens with zero attached hydrogens (tertiary/aromatic N) is 3. The van der Waals surface area contributed by atoms with Crippen molar-refractivity contribution in [3.63, 3.8) is 0 Å². The van der Waals surface area contributed by atoms with Crippen LogP contribution in [0.15, 0.2) is 23.3 Å². The van der Waals surface area contributed by atoms with Gasteiger partial charge in [-0.25, -0.2) is 4.98 Å². The zero-order chi connectivity index (χ0) is 20.6. The Kier molecular flexibility index (Phi) is 7.72. The molecule has 1 amide bonds. The van der Waals surface area contributed by atoms with Gasteiger partial charge in [-0.05, 0) is 49.7 Å². The maximum atomic E-state index is 11.9. The summed E-state index contributed by atoms with van der Waals surface area (Å²) in [4.78, 5) is 22.5. The topological polar surface area (TPSA) is 78.9 Å². The molecule has 1 aromatic rings. The minimum atomic E-state index is 0.217. The highest BCUT2D eigenvalue weighted by molar-refractivity contribution is 5.80. The number of carbonyl (C=O) groups is 1. The largest absolute Gasteiger partial charge is 0.474 e. The summed E-state index contributed by atoms with van der Waals surface area (Å²) < 4.78 is 6.11. The molecule has 1 aliphatic heterocycles. The third kappa shape index (κ3) is 6.34. The zero-order valence-corrected chi connectivity index (χ0v) is 18.0. The number of likely N-dealkylation sites (tertiary alicyclic amines) is 1. The summed E-state index contributed by atoms with van der Waals surface area (Å²) in [5.74, 6) is 2.48. The van der Waals surface area contributed by atoms with Gasteiger partial charge in [0.05, 0.1) is 0 Å². The van der Waals surface area contributed by atoms with Crippen LogP contribution in [-0.4, -0.2) is 54.0 Å². The molecular formula is C22H35N5O2. The molecule has 0 bridgehead atoms. The van der Waals surface area contributed by atoms with Crippen molar-refractivity contribution in [3.8, 4) is 5.88 Å². The van der Waals surface area contributed by atoms with E-state index in [-0.39, 0.29) is 18.1 Å². The molecule has 160 valence electrons. The lowest BCUT2D eigenvalue weighted by Gasteiger charge is -2.26. The van der Waals surface area contributed by atoms with E-state index in [1.165, 1.54) is 12.8 Å². The van der Waals surface area contributed by atoms with Gasteiger partial charge in [0.1, 0.15) is 6.10 Å². The third-order valence-electron chi connectivity index (χ3n) is 5.92. The highest BCUT2D eigenvalue weighted by Crippen LogP contribution is 2.26. The Morgan fingerprint density at radius 3 is 2.83 bits per heavy atom. The third-order valence-corrected chi connectivity index (χ3v) is 5.92. The summed E-state index contributed by atoms with van der Waals surface area (Å²) in [5, 5.41) is 6.79. The van der Waals surface area contributed by atoms with Gasteiger partial charge in [-0.15, -0.1) is 0 Å². The number of guanidine groups is 1. The second kappa shape index (κ2) is 10.5. The van der Waals surface area contributed by atoms with Gasteiger partial charge < -0.3 is 20.3 Å². The van der Waals surface area contributed by atoms with Gasteiger partial charge in [-0.3, -0.25) is 9.79 Å². The van der Waals surface area contributed by atoms with Gasteiger partial charge in [-0.1, -0.05) is 13.8 Å². The van der Waals surface area contributed by atoms with Crippen molar-refractivity contribution in [1.82, 2.24) is 20.5 Å². The van der Waals surface area contributed by atoms with Crippen molar-refractivity contribution in [2.45, 2.75) is 71.1 Å². The number of nitrogens with one attached hydrogen (secondary N) is 2. The lowest BCUT2D eigenvalue weighted by atomic mass is 9.89. The number of aliphatic imine (C=N–C) groups is 1. The molecule has 0 spiro atoms. The van der Waals surface area contributed by atoms with Crippen molar-refractivity contribution in [2.75, 3.05) is 20.1 Å². The van der Waals surface area contributed by atoms with Crippen LogP contribution in [0.2, 0.25) is 0 Å². The monoisotopic (exact) mass is 401 g/mol. The van der Waals surface area contributed by atoms with Crippen molar-refractivity contribution in [2.24, 2.45) is 10.9 Å². The number of hydrogen-bond acceptors (Lipinski definition) is 4. The van der Waals surface area contributed by atoms with Crippen LogP contribution in [0.25, 0.3) is 0 Å². The zero-order valence-electron chi connectivity index (χ0n) is 18.0. The first kappa shape index (κ1) is 21.4. The predicted octanol–water partition coefficient (Wildman–Crippen LogP) is 2.72. The molecule has 7 nitrogen and oxygen atoms in total. The van der Waals surface area contributed by atoms with Gasteiger partial charge in [0.25, 0.3) is 0 Å². The average Bonchev–Trinajstić information content (AvgIpc) is 3.21. The van der Waals surface area contributed by atoms with Gasteiger partial charge in [-0.2, -0.15) is 0 Å². The molecule has 29 heavy (non-hydrogen) atoms. The predicted molar refractivity (Wildman–Crippen MR) is 115 cm³/mol. The van der Waals surface area contributed by atoms with Crippen LogP contribution in [0, 0.1) is 5.92 Å². The van der Waals surface area contributed by atoms with Crippen molar-refractivity contribution >= 4 is 11.9 Å². The number of amides is 1. The molecule has 2 fully saturated rings. The second-order valence-electron chi connectivity index (χ2n) is 8.25. The smallest absolute Gasteiger partial charge is 0.222 e. The van der Waals surface area contributed by atoms with E-state index in [0.717, 1.165) is 49.8 Å². The fourth-order valence-electron chi connectivity index (χ4n) is 4.04. The van der Waals surface area contributed by atoms with Crippen molar-refractivity contribution < 1.29 is 9.53 Å². The molecular weight excluding hydrogens is 366 g/mol. The quantitative estimate of drug-likeness (QED) is 0.566. The van der Waals surface area contributed by atoms with E-state index in [1.54, 1.807) is 13.2 Å². The van der Waals surface area contributed by atoms with Crippen LogP contribution in [0.3, 0.4) is 0 Å². The second-order valence-corrected chi connectivity index (χ2v) is 8.25. The van der Waals surface area contributed by atoms with E-state index in [4.69, 9.17) is 4.74 Å². The van der Waals surface area contributed by atoms with E-state index in [2.05, 4.69) is 27.5 Å². The van der Waals surface area contributed by atoms with Gasteiger partial charge in [0, 0.05) is 51.4 Å². The maximum absolute atomic E-state index is 11.9. The Bertz CT molecular complexity index is 700. The van der Waals surface area contributed by atoms with Gasteiger partial charge in [0.2, 0.25) is 11.8 Å². The maximum Gasteiger partial charge on any atom is 0.222 e. The van der Waals surface area contributed by atoms with Crippen LogP contribution in [0.5, 0.6) is 5.88 Å². The molecule has 0 aromatic carbocycles. The Labute approximate surface area is 174 Å². The Morgan fingerprint density at radius 1 is 1.31 bits per heavy atom. The molecule has 1 atom stereocenters. The normalized spacial score (nSPS) is 25.0. The first-order valence-electron chi connectivity index (χ1n) is 10.9. The fourth-order valence-corrected chi connectivity index (χ4v) is 4.04. The van der Waals surface area contributed by atoms with E-state index < -0.39 is 0 Å². The fraction of sp³-hybridized carbons (Fsp3) is 0.682. The lowest BCUT2D eigenvalue weighted by Crippen LogP contribution is -2.44. The highest BCUT2D eigenvalue weighted by Gasteiger charge is 2.25. The number of hydrogen-bond donors (Lipinski definition) is 2. The van der Waals surface area contributed by atoms with E-state index >= 15 is 0 Å². The SMILES string of the molecule is CCC(=O)N1CCC(NC(=NC)NCc2ccnc(OC3CCC(C)CC3)c2)C1. The molecule has 1 aliphatic carbocycles. The van der Waals surface area contributed by atoms with Crippen LogP contribution < -0.4 is 15.4 Å². The Hall–Kier alpha value is -2.31. The number of carbonyl (C=O) groups excluding carboxylic acids is 1. The van der Waals surface area contributed by atoms with Gasteiger partial charge in [0.15, 0.2) is 5.96 Å². The molecule has 2 heterocycles. The van der Waals surface area contributed by atoms with Gasteiger partial charge >= 0.3 is 0 Å². The molecule has 3 rings (SSSR count). The molecule has 1 saturated carbocycles. The van der Waals surface area contributed by atoms with E-state index in [0.29, 0.717) is 18.8 Å². The minimum Gasteiger partial charge on any atom is -0.474 e. The van der Waals surface area contributed by atoms with E-state index in [1.807, 2.05) is 24.0 Å². The average molecular weight is 402 g/mol. The summed E-state index contributed by atoms with van der Waals surface area (Å²) in [6, 6.07) is 4.24. The molecule has 1 saturated heterocycles. The summed E-state index contributed by atoms with van der Waals surface area (Å²) in [5.41, 5.74) is 1.11. The summed E-state index contributed by atoms with van der Waals surface area (Å²) in [6.45, 7) is 6.41. The summed E-state index contributed by atoms with van der Waals surface area (Å²) in [7, 11) is 1.77. The van der Waals surface area contributed by atoms with Crippen LogP contribution in [0.4, 0.5) is 0 Å². The number of aromatic nitrogens is 1. The van der Waals surface area contributed by atoms with Crippen molar-refractivity contribution in [1.29, 1.82) is 0 Å². The molecule has 2 aliphatic rings. The Morgan fingerprint density at radius 2 is 2.10 bits per heavy atom. The highest BCUT2D eigenvalue weighted by atomic mass is 16.5. The number of rotatable bonds is 6. The standard InChI is InChI=1S/C22H35N5O2/c1-4-21(28)27-12-10-18(15-27)26-22(23-3)25-14-17-9-11-24-20(13-17)29-19-7-5-16(2)6-8-19/h9,11,13,16,18-19H,4-8,10,12,14-15H2,1-3H3,(H2,23,25,26). The first-order valence-corrected chi connectivity index (χ1v) is 10.9. The van der Waals surface area contributed by atoms with Crippen molar-refractivity contribution in [3.05, 3.63) is 23.9 Å². The molecule has 1 aromatic heterocycles. The molecule has 0 radical (unpaired) electrons. The minimum absolute atomic E-state index is 0.217. The Balaban J connectivity index is 1.46. The molecule has 2 N–H and O–H groups in total. The lowest BCUT2D eigenvalue weighted by molar-refractivity contribution is -0.129. The first-order chi connectivity index (χ1) is 14.1.